The average molecular weight is 607 g/mol. The first-order valence-corrected chi connectivity index (χ1v) is 17.5. The summed E-state index contributed by atoms with van der Waals surface area (Å²) < 4.78 is 24.2. The van der Waals surface area contributed by atoms with Gasteiger partial charge in [-0.2, -0.15) is 0 Å². The number of hydrogen-bond acceptors (Lipinski definition) is 4. The summed E-state index contributed by atoms with van der Waals surface area (Å²) in [5.41, 5.74) is 5.11. The van der Waals surface area contributed by atoms with E-state index in [1.54, 1.807) is 0 Å². The fourth-order valence-corrected chi connectivity index (χ4v) is 7.20. The van der Waals surface area contributed by atoms with Gasteiger partial charge >= 0.3 is 0 Å². The number of ether oxygens (including phenoxy) is 4. The predicted octanol–water partition coefficient (Wildman–Crippen LogP) is 11.2. The summed E-state index contributed by atoms with van der Waals surface area (Å²) >= 11 is 0. The summed E-state index contributed by atoms with van der Waals surface area (Å²) in [4.78, 5) is 0. The lowest BCUT2D eigenvalue weighted by atomic mass is 9.84. The van der Waals surface area contributed by atoms with Crippen molar-refractivity contribution < 1.29 is 18.9 Å². The molecule has 0 aromatic heterocycles. The molecule has 0 heterocycles. The van der Waals surface area contributed by atoms with Crippen LogP contribution in [-0.2, 0) is 12.8 Å². The molecule has 246 valence electrons. The average Bonchev–Trinajstić information content (AvgIpc) is 3.03. The molecule has 4 bridgehead atoms. The number of rotatable bonds is 10. The minimum atomic E-state index is 0.373. The van der Waals surface area contributed by atoms with Crippen LogP contribution in [0.4, 0.5) is 0 Å². The van der Waals surface area contributed by atoms with Crippen LogP contribution in [0.5, 0.6) is 23.0 Å². The van der Waals surface area contributed by atoms with Gasteiger partial charge in [0.15, 0.2) is 0 Å². The standard InChI is InChI=1S/C40H62O4/c1-9-11-19-33-21-15-13-17-29(3)24-32-27-37(43-7)40(38(28-32)44-8)34(20-12-10-2)22-16-14-18-30(4)23-31-25-35(41-5)39(33)36(26-31)42-6/h13,15,25-30,33-34H,9-12,14,16-24H2,1-8H3/b15-13+/t29-,30-,33+,34-/m0/s1. The second-order valence-corrected chi connectivity index (χ2v) is 13.4. The monoisotopic (exact) mass is 606 g/mol. The zero-order valence-corrected chi connectivity index (χ0v) is 29.3. The molecule has 6 rings (SSSR count). The van der Waals surface area contributed by atoms with E-state index in [-0.39, 0.29) is 0 Å². The van der Waals surface area contributed by atoms with Crippen LogP contribution in [0.2, 0.25) is 0 Å². The van der Waals surface area contributed by atoms with E-state index in [9.17, 15) is 0 Å². The maximum atomic E-state index is 6.06. The molecular formula is C40H62O4. The molecule has 2 aromatic carbocycles. The Balaban J connectivity index is 1.98. The summed E-state index contributed by atoms with van der Waals surface area (Å²) in [6.07, 6.45) is 20.7. The van der Waals surface area contributed by atoms with Gasteiger partial charge in [0, 0.05) is 11.1 Å². The summed E-state index contributed by atoms with van der Waals surface area (Å²) in [6, 6.07) is 9.14. The first-order chi connectivity index (χ1) is 21.4. The number of allylic oxidation sites excluding steroid dienone is 2. The molecule has 0 radical (unpaired) electrons. The van der Waals surface area contributed by atoms with Crippen LogP contribution in [0.3, 0.4) is 0 Å². The molecule has 4 aliphatic rings. The Morgan fingerprint density at radius 1 is 0.568 bits per heavy atom. The van der Waals surface area contributed by atoms with Crippen LogP contribution in [0.25, 0.3) is 0 Å². The van der Waals surface area contributed by atoms with E-state index in [0.29, 0.717) is 23.7 Å². The van der Waals surface area contributed by atoms with E-state index in [1.165, 1.54) is 73.6 Å². The van der Waals surface area contributed by atoms with Crippen LogP contribution < -0.4 is 18.9 Å². The Labute approximate surface area is 269 Å². The maximum Gasteiger partial charge on any atom is 0.126 e. The number of benzene rings is 2. The van der Waals surface area contributed by atoms with Gasteiger partial charge in [-0.05, 0) is 104 Å². The molecule has 0 spiro atoms. The number of methoxy groups -OCH3 is 4. The second kappa shape index (κ2) is 19.0. The van der Waals surface area contributed by atoms with E-state index in [0.717, 1.165) is 61.5 Å². The molecule has 0 saturated heterocycles. The van der Waals surface area contributed by atoms with Crippen molar-refractivity contribution >= 4 is 0 Å². The van der Waals surface area contributed by atoms with Crippen molar-refractivity contribution in [3.05, 3.63) is 58.7 Å². The topological polar surface area (TPSA) is 36.9 Å². The summed E-state index contributed by atoms with van der Waals surface area (Å²) in [6.45, 7) is 9.29. The van der Waals surface area contributed by atoms with Crippen molar-refractivity contribution in [2.24, 2.45) is 11.8 Å². The Bertz CT molecular complexity index is 1100. The van der Waals surface area contributed by atoms with Gasteiger partial charge in [0.2, 0.25) is 0 Å². The third kappa shape index (κ3) is 10.2. The third-order valence-electron chi connectivity index (χ3n) is 9.63. The molecular weight excluding hydrogens is 544 g/mol. The van der Waals surface area contributed by atoms with Crippen LogP contribution >= 0.6 is 0 Å². The van der Waals surface area contributed by atoms with Crippen molar-refractivity contribution in [3.63, 3.8) is 0 Å². The lowest BCUT2D eigenvalue weighted by Gasteiger charge is -2.25. The fourth-order valence-electron chi connectivity index (χ4n) is 7.20. The first-order valence-electron chi connectivity index (χ1n) is 17.5. The third-order valence-corrected chi connectivity index (χ3v) is 9.63. The van der Waals surface area contributed by atoms with Gasteiger partial charge in [0.25, 0.3) is 0 Å². The SMILES string of the molecule is CCCC[C@H]1CCCC[C@H](C)Cc2cc(OC)c(c(OC)c2)[C@H](CCCC)C/C=C/C[C@H](C)Cc2cc(OC)c1c(OC)c2. The normalized spacial score (nSPS) is 22.5. The molecule has 0 saturated carbocycles. The minimum absolute atomic E-state index is 0.373. The summed E-state index contributed by atoms with van der Waals surface area (Å²) in [5, 5.41) is 0. The Kier molecular flexibility index (Phi) is 15.5. The molecule has 0 N–H and O–H groups in total. The highest BCUT2D eigenvalue weighted by molar-refractivity contribution is 5.51. The molecule has 44 heavy (non-hydrogen) atoms. The molecule has 0 amide bonds. The molecule has 4 aliphatic carbocycles. The van der Waals surface area contributed by atoms with Gasteiger partial charge in [-0.15, -0.1) is 0 Å². The summed E-state index contributed by atoms with van der Waals surface area (Å²) in [7, 11) is 7.27. The van der Waals surface area contributed by atoms with Crippen LogP contribution in [-0.4, -0.2) is 28.4 Å². The summed E-state index contributed by atoms with van der Waals surface area (Å²) in [5.74, 6) is 5.90. The smallest absolute Gasteiger partial charge is 0.126 e. The first kappa shape index (κ1) is 35.9. The lowest BCUT2D eigenvalue weighted by molar-refractivity contribution is 0.366. The molecule has 0 fully saturated rings. The Morgan fingerprint density at radius 2 is 1.00 bits per heavy atom. The molecule has 4 atom stereocenters. The lowest BCUT2D eigenvalue weighted by Crippen LogP contribution is -2.08. The van der Waals surface area contributed by atoms with Crippen molar-refractivity contribution in [2.45, 2.75) is 129 Å². The van der Waals surface area contributed by atoms with E-state index >= 15 is 0 Å². The van der Waals surface area contributed by atoms with Gasteiger partial charge in [0.05, 0.1) is 28.4 Å². The van der Waals surface area contributed by atoms with Crippen molar-refractivity contribution in [1.82, 2.24) is 0 Å². The quantitative estimate of drug-likeness (QED) is 0.252. The highest BCUT2D eigenvalue weighted by Crippen LogP contribution is 2.43. The minimum Gasteiger partial charge on any atom is -0.496 e. The molecule has 4 heteroatoms. The molecule has 0 unspecified atom stereocenters. The largest absolute Gasteiger partial charge is 0.496 e. The Hall–Kier alpha value is -2.62. The van der Waals surface area contributed by atoms with Gasteiger partial charge in [-0.25, -0.2) is 0 Å². The van der Waals surface area contributed by atoms with E-state index in [2.05, 4.69) is 64.1 Å². The molecule has 2 aromatic rings. The molecule has 0 aliphatic heterocycles. The highest BCUT2D eigenvalue weighted by Gasteiger charge is 2.24. The fraction of sp³-hybridized carbons (Fsp3) is 0.650. The van der Waals surface area contributed by atoms with Gasteiger partial charge in [0.1, 0.15) is 23.0 Å². The maximum absolute atomic E-state index is 6.06. The van der Waals surface area contributed by atoms with Gasteiger partial charge in [-0.1, -0.05) is 84.8 Å². The van der Waals surface area contributed by atoms with Crippen molar-refractivity contribution in [1.29, 1.82) is 0 Å². The Morgan fingerprint density at radius 3 is 1.50 bits per heavy atom. The number of unbranched alkanes of at least 4 members (excludes halogenated alkanes) is 2. The van der Waals surface area contributed by atoms with E-state index in [4.69, 9.17) is 18.9 Å². The second-order valence-electron chi connectivity index (χ2n) is 13.4. The van der Waals surface area contributed by atoms with Gasteiger partial charge < -0.3 is 18.9 Å². The molecule has 4 nitrogen and oxygen atoms in total. The highest BCUT2D eigenvalue weighted by atomic mass is 16.5. The zero-order valence-electron chi connectivity index (χ0n) is 29.3. The van der Waals surface area contributed by atoms with Crippen LogP contribution in [0.15, 0.2) is 36.4 Å². The van der Waals surface area contributed by atoms with Crippen molar-refractivity contribution in [3.8, 4) is 23.0 Å². The van der Waals surface area contributed by atoms with Crippen molar-refractivity contribution in [2.75, 3.05) is 28.4 Å². The predicted molar refractivity (Wildman–Crippen MR) is 186 cm³/mol. The van der Waals surface area contributed by atoms with Crippen LogP contribution in [0, 0.1) is 11.8 Å². The van der Waals surface area contributed by atoms with E-state index < -0.39 is 0 Å². The van der Waals surface area contributed by atoms with E-state index in [1.807, 2.05) is 28.4 Å². The number of hydrogen-bond donors (Lipinski definition) is 0. The van der Waals surface area contributed by atoms with Crippen LogP contribution in [0.1, 0.15) is 139 Å². The zero-order chi connectivity index (χ0) is 31.9. The van der Waals surface area contributed by atoms with Gasteiger partial charge in [-0.3, -0.25) is 0 Å².